The first kappa shape index (κ1) is 18.6. The topological polar surface area (TPSA) is 80.3 Å². The van der Waals surface area contributed by atoms with Gasteiger partial charge in [-0.25, -0.2) is 4.98 Å². The van der Waals surface area contributed by atoms with Crippen LogP contribution in [0.1, 0.15) is 33.3 Å². The molecule has 0 aliphatic heterocycles. The Morgan fingerprint density at radius 3 is 2.30 bits per heavy atom. The van der Waals surface area contributed by atoms with Crippen LogP contribution < -0.4 is 15.6 Å². The summed E-state index contributed by atoms with van der Waals surface area (Å²) in [5.74, 6) is -0.0934. The number of ether oxygens (including phenoxy) is 1. The monoisotopic (exact) mass is 381 g/mol. The summed E-state index contributed by atoms with van der Waals surface area (Å²) in [5.41, 5.74) is 7.55. The minimum Gasteiger partial charge on any atom is -0.497 e. The quantitative estimate of drug-likeness (QED) is 0.664. The molecule has 6 nitrogen and oxygen atoms in total. The number of hydrazine groups is 1. The lowest BCUT2D eigenvalue weighted by Crippen LogP contribution is -2.41. The lowest BCUT2D eigenvalue weighted by atomic mass is 10.1. The normalized spacial score (nSPS) is 10.3. The molecule has 2 aromatic carbocycles. The molecule has 0 saturated carbocycles. The number of hydrogen-bond donors (Lipinski definition) is 2. The lowest BCUT2D eigenvalue weighted by Gasteiger charge is -2.06. The van der Waals surface area contributed by atoms with Crippen LogP contribution in [0.5, 0.6) is 5.75 Å². The molecule has 2 N–H and O–H groups in total. The van der Waals surface area contributed by atoms with Crippen molar-refractivity contribution in [1.82, 2.24) is 15.8 Å². The summed E-state index contributed by atoms with van der Waals surface area (Å²) in [4.78, 5) is 28.7. The minimum atomic E-state index is -0.468. The number of rotatable bonds is 5. The number of nitrogens with zero attached hydrogens (tertiary/aromatic N) is 1. The molecule has 27 heavy (non-hydrogen) atoms. The highest BCUT2D eigenvalue weighted by Gasteiger charge is 2.13. The molecule has 0 aliphatic rings. The van der Waals surface area contributed by atoms with Crippen molar-refractivity contribution in [2.24, 2.45) is 0 Å². The third-order valence-electron chi connectivity index (χ3n) is 3.99. The van der Waals surface area contributed by atoms with Gasteiger partial charge in [-0.3, -0.25) is 20.4 Å². The van der Waals surface area contributed by atoms with E-state index in [1.54, 1.807) is 24.6 Å². The van der Waals surface area contributed by atoms with Gasteiger partial charge in [0.1, 0.15) is 16.5 Å². The van der Waals surface area contributed by atoms with Gasteiger partial charge in [0, 0.05) is 16.5 Å². The van der Waals surface area contributed by atoms with Crippen LogP contribution in [0.3, 0.4) is 0 Å². The van der Waals surface area contributed by atoms with Gasteiger partial charge in [-0.2, -0.15) is 0 Å². The molecule has 0 radical (unpaired) electrons. The second-order valence-electron chi connectivity index (χ2n) is 5.73. The molecule has 1 aromatic heterocycles. The van der Waals surface area contributed by atoms with E-state index in [1.807, 2.05) is 43.3 Å². The van der Waals surface area contributed by atoms with Crippen molar-refractivity contribution in [1.29, 1.82) is 0 Å². The van der Waals surface area contributed by atoms with Gasteiger partial charge in [0.2, 0.25) is 0 Å². The molecule has 0 bridgehead atoms. The number of amides is 2. The zero-order valence-corrected chi connectivity index (χ0v) is 15.8. The molecule has 0 aliphatic carbocycles. The van der Waals surface area contributed by atoms with Gasteiger partial charge >= 0.3 is 0 Å². The van der Waals surface area contributed by atoms with Crippen LogP contribution in [-0.4, -0.2) is 23.9 Å². The Morgan fingerprint density at radius 1 is 1.00 bits per heavy atom. The third-order valence-corrected chi connectivity index (χ3v) is 4.88. The molecule has 3 aromatic rings. The lowest BCUT2D eigenvalue weighted by molar-refractivity contribution is 0.0844. The zero-order valence-electron chi connectivity index (χ0n) is 15.0. The molecule has 3 rings (SSSR count). The molecule has 0 fully saturated rings. The number of thiazole rings is 1. The smallest absolute Gasteiger partial charge is 0.289 e. The number of hydrogen-bond acceptors (Lipinski definition) is 5. The van der Waals surface area contributed by atoms with Crippen LogP contribution >= 0.6 is 11.3 Å². The SMILES string of the molecule is CCc1ccc(C(=O)NNC(=O)c2csc(-c3ccc(OC)cc3)n2)cc1. The first-order valence-corrected chi connectivity index (χ1v) is 9.28. The standard InChI is InChI=1S/C20H19N3O3S/c1-3-13-4-6-14(7-5-13)18(24)22-23-19(25)17-12-27-20(21-17)15-8-10-16(26-2)11-9-15/h4-12H,3H2,1-2H3,(H,22,24)(H,23,25). The molecule has 0 unspecified atom stereocenters. The van der Waals surface area contributed by atoms with Gasteiger partial charge in [0.25, 0.3) is 11.8 Å². The highest BCUT2D eigenvalue weighted by Crippen LogP contribution is 2.25. The highest BCUT2D eigenvalue weighted by atomic mass is 32.1. The summed E-state index contributed by atoms with van der Waals surface area (Å²) < 4.78 is 5.13. The Hall–Kier alpha value is -3.19. The Balaban J connectivity index is 1.60. The summed E-state index contributed by atoms with van der Waals surface area (Å²) in [6.07, 6.45) is 0.902. The van der Waals surface area contributed by atoms with E-state index >= 15 is 0 Å². The number of aromatic nitrogens is 1. The number of benzene rings is 2. The van der Waals surface area contributed by atoms with Crippen LogP contribution in [0.2, 0.25) is 0 Å². The van der Waals surface area contributed by atoms with E-state index < -0.39 is 5.91 Å². The number of methoxy groups -OCH3 is 1. The Labute approximate surface area is 161 Å². The second kappa shape index (κ2) is 8.46. The van der Waals surface area contributed by atoms with Crippen molar-refractivity contribution >= 4 is 23.2 Å². The molecule has 138 valence electrons. The van der Waals surface area contributed by atoms with Crippen LogP contribution in [0.25, 0.3) is 10.6 Å². The van der Waals surface area contributed by atoms with Gasteiger partial charge < -0.3 is 4.74 Å². The van der Waals surface area contributed by atoms with Crippen LogP contribution in [0, 0.1) is 0 Å². The molecular weight excluding hydrogens is 362 g/mol. The molecule has 0 atom stereocenters. The van der Waals surface area contributed by atoms with E-state index in [4.69, 9.17) is 4.74 Å². The maximum Gasteiger partial charge on any atom is 0.289 e. The van der Waals surface area contributed by atoms with Crippen molar-refractivity contribution in [2.45, 2.75) is 13.3 Å². The molecule has 2 amide bonds. The highest BCUT2D eigenvalue weighted by molar-refractivity contribution is 7.13. The van der Waals surface area contributed by atoms with Crippen LogP contribution in [-0.2, 0) is 6.42 Å². The first-order chi connectivity index (χ1) is 13.1. The summed E-state index contributed by atoms with van der Waals surface area (Å²) in [5, 5.41) is 2.36. The minimum absolute atomic E-state index is 0.243. The van der Waals surface area contributed by atoms with Crippen LogP contribution in [0.4, 0.5) is 0 Å². The Morgan fingerprint density at radius 2 is 1.67 bits per heavy atom. The van der Waals surface area contributed by atoms with E-state index in [1.165, 1.54) is 11.3 Å². The van der Waals surface area contributed by atoms with Crippen molar-refractivity contribution in [3.8, 4) is 16.3 Å². The van der Waals surface area contributed by atoms with Crippen molar-refractivity contribution in [3.63, 3.8) is 0 Å². The second-order valence-corrected chi connectivity index (χ2v) is 6.58. The third kappa shape index (κ3) is 4.51. The van der Waals surface area contributed by atoms with Crippen molar-refractivity contribution in [2.75, 3.05) is 7.11 Å². The number of nitrogens with one attached hydrogen (secondary N) is 2. The fourth-order valence-electron chi connectivity index (χ4n) is 2.39. The van der Waals surface area contributed by atoms with E-state index in [9.17, 15) is 9.59 Å². The maximum absolute atomic E-state index is 12.2. The van der Waals surface area contributed by atoms with Crippen molar-refractivity contribution in [3.05, 3.63) is 70.7 Å². The van der Waals surface area contributed by atoms with Gasteiger partial charge in [0.05, 0.1) is 7.11 Å². The summed E-state index contributed by atoms with van der Waals surface area (Å²) in [6.45, 7) is 2.04. The van der Waals surface area contributed by atoms with E-state index in [-0.39, 0.29) is 11.6 Å². The van der Waals surface area contributed by atoms with E-state index in [2.05, 4.69) is 15.8 Å². The predicted molar refractivity (Wildman–Crippen MR) is 105 cm³/mol. The van der Waals surface area contributed by atoms with Gasteiger partial charge in [0.15, 0.2) is 0 Å². The average Bonchev–Trinajstić information content (AvgIpc) is 3.22. The number of aryl methyl sites for hydroxylation is 1. The summed E-state index contributed by atoms with van der Waals surface area (Å²) in [7, 11) is 1.60. The van der Waals surface area contributed by atoms with Gasteiger partial charge in [-0.05, 0) is 48.4 Å². The Bertz CT molecular complexity index is 934. The maximum atomic E-state index is 12.2. The molecule has 1 heterocycles. The molecular formula is C20H19N3O3S. The molecule has 7 heteroatoms. The fraction of sp³-hybridized carbons (Fsp3) is 0.150. The first-order valence-electron chi connectivity index (χ1n) is 8.40. The van der Waals surface area contributed by atoms with Crippen molar-refractivity contribution < 1.29 is 14.3 Å². The number of carbonyl (C=O) groups excluding carboxylic acids is 2. The largest absolute Gasteiger partial charge is 0.497 e. The fourth-order valence-corrected chi connectivity index (χ4v) is 3.19. The molecule has 0 saturated heterocycles. The average molecular weight is 381 g/mol. The Kier molecular flexibility index (Phi) is 5.83. The van der Waals surface area contributed by atoms with E-state index in [0.29, 0.717) is 10.6 Å². The molecule has 0 spiro atoms. The van der Waals surface area contributed by atoms with Crippen LogP contribution in [0.15, 0.2) is 53.9 Å². The number of carbonyl (C=O) groups is 2. The van der Waals surface area contributed by atoms with Gasteiger partial charge in [-0.15, -0.1) is 11.3 Å². The summed E-state index contributed by atoms with van der Waals surface area (Å²) >= 11 is 1.35. The zero-order chi connectivity index (χ0) is 19.2. The summed E-state index contributed by atoms with van der Waals surface area (Å²) in [6, 6.07) is 14.6. The predicted octanol–water partition coefficient (Wildman–Crippen LogP) is 3.46. The van der Waals surface area contributed by atoms with Gasteiger partial charge in [-0.1, -0.05) is 19.1 Å². The van der Waals surface area contributed by atoms with E-state index in [0.717, 1.165) is 23.3 Å².